The summed E-state index contributed by atoms with van der Waals surface area (Å²) in [6.07, 6.45) is 1.89. The van der Waals surface area contributed by atoms with Gasteiger partial charge in [0, 0.05) is 43.0 Å². The number of hydrogen-bond donors (Lipinski definition) is 0. The first-order valence-corrected chi connectivity index (χ1v) is 10.9. The molecule has 1 aliphatic heterocycles. The van der Waals surface area contributed by atoms with Gasteiger partial charge in [0.2, 0.25) is 0 Å². The normalized spacial score (nSPS) is 14.9. The molecule has 0 radical (unpaired) electrons. The Hall–Kier alpha value is -3.11. The summed E-state index contributed by atoms with van der Waals surface area (Å²) in [5.41, 5.74) is 4.24. The number of methoxy groups -OCH3 is 1. The number of nitrogens with zero attached hydrogens (tertiary/aromatic N) is 2. The van der Waals surface area contributed by atoms with Gasteiger partial charge < -0.3 is 9.64 Å². The Morgan fingerprint density at radius 1 is 0.968 bits per heavy atom. The quantitative estimate of drug-likeness (QED) is 0.548. The molecule has 4 nitrogen and oxygen atoms in total. The molecule has 0 aliphatic carbocycles. The van der Waals surface area contributed by atoms with Crippen molar-refractivity contribution in [2.75, 3.05) is 25.1 Å². The predicted molar refractivity (Wildman–Crippen MR) is 126 cm³/mol. The standard InChI is InChI=1S/C27H30N2O2/c1-21-11-13-22(14-12-21)20-28-17-15-24(16-18-28)29(25-9-6-10-26(19-25)31-2)27(30)23-7-4-3-5-8-23/h3-14,19,24H,15-18,20H2,1-2H3. The Morgan fingerprint density at radius 3 is 2.35 bits per heavy atom. The van der Waals surface area contributed by atoms with E-state index in [1.807, 2.05) is 59.5 Å². The Morgan fingerprint density at radius 2 is 1.68 bits per heavy atom. The van der Waals surface area contributed by atoms with E-state index in [2.05, 4.69) is 36.1 Å². The molecule has 0 N–H and O–H groups in total. The molecule has 1 fully saturated rings. The average molecular weight is 415 g/mol. The van der Waals surface area contributed by atoms with Crippen molar-refractivity contribution >= 4 is 11.6 Å². The topological polar surface area (TPSA) is 32.8 Å². The Labute approximate surface area is 185 Å². The molecule has 1 aliphatic rings. The fourth-order valence-corrected chi connectivity index (χ4v) is 4.26. The van der Waals surface area contributed by atoms with Crippen molar-refractivity contribution < 1.29 is 9.53 Å². The van der Waals surface area contributed by atoms with Gasteiger partial charge in [0.25, 0.3) is 5.91 Å². The molecular weight excluding hydrogens is 384 g/mol. The van der Waals surface area contributed by atoms with E-state index in [4.69, 9.17) is 4.74 Å². The van der Waals surface area contributed by atoms with Gasteiger partial charge in [0.15, 0.2) is 0 Å². The number of rotatable bonds is 6. The smallest absolute Gasteiger partial charge is 0.258 e. The van der Waals surface area contributed by atoms with Crippen LogP contribution in [0.5, 0.6) is 5.75 Å². The maximum Gasteiger partial charge on any atom is 0.258 e. The van der Waals surface area contributed by atoms with Crippen LogP contribution in [0.3, 0.4) is 0 Å². The summed E-state index contributed by atoms with van der Waals surface area (Å²) in [5, 5.41) is 0. The van der Waals surface area contributed by atoms with Crippen LogP contribution < -0.4 is 9.64 Å². The monoisotopic (exact) mass is 414 g/mol. The number of likely N-dealkylation sites (tertiary alicyclic amines) is 1. The molecule has 3 aromatic carbocycles. The first kappa shape index (κ1) is 21.1. The van der Waals surface area contributed by atoms with E-state index in [-0.39, 0.29) is 11.9 Å². The van der Waals surface area contributed by atoms with E-state index in [0.717, 1.165) is 43.9 Å². The highest BCUT2D eigenvalue weighted by molar-refractivity contribution is 6.06. The zero-order chi connectivity index (χ0) is 21.6. The van der Waals surface area contributed by atoms with E-state index in [0.29, 0.717) is 5.56 Å². The summed E-state index contributed by atoms with van der Waals surface area (Å²) in [4.78, 5) is 18.0. The molecule has 160 valence electrons. The van der Waals surface area contributed by atoms with Gasteiger partial charge in [-0.05, 0) is 49.6 Å². The maximum absolute atomic E-state index is 13.5. The van der Waals surface area contributed by atoms with E-state index < -0.39 is 0 Å². The summed E-state index contributed by atoms with van der Waals surface area (Å²) in [6.45, 7) is 5.02. The van der Waals surface area contributed by atoms with Gasteiger partial charge in [-0.25, -0.2) is 0 Å². The van der Waals surface area contributed by atoms with Gasteiger partial charge in [-0.1, -0.05) is 54.1 Å². The number of amides is 1. The molecule has 4 heteroatoms. The lowest BCUT2D eigenvalue weighted by Gasteiger charge is -2.38. The average Bonchev–Trinajstić information content (AvgIpc) is 2.82. The Bertz CT molecular complexity index is 993. The summed E-state index contributed by atoms with van der Waals surface area (Å²) in [5.74, 6) is 0.811. The van der Waals surface area contributed by atoms with E-state index in [1.54, 1.807) is 7.11 Å². The number of carbonyl (C=O) groups is 1. The fraction of sp³-hybridized carbons (Fsp3) is 0.296. The highest BCUT2D eigenvalue weighted by atomic mass is 16.5. The molecule has 4 rings (SSSR count). The molecule has 1 heterocycles. The minimum atomic E-state index is 0.0471. The zero-order valence-electron chi connectivity index (χ0n) is 18.3. The molecule has 0 aromatic heterocycles. The predicted octanol–water partition coefficient (Wildman–Crippen LogP) is 5.32. The van der Waals surface area contributed by atoms with E-state index in [9.17, 15) is 4.79 Å². The number of carbonyl (C=O) groups excluding carboxylic acids is 1. The van der Waals surface area contributed by atoms with Gasteiger partial charge in [-0.15, -0.1) is 0 Å². The van der Waals surface area contributed by atoms with Crippen LogP contribution in [0.2, 0.25) is 0 Å². The minimum absolute atomic E-state index is 0.0471. The highest BCUT2D eigenvalue weighted by Crippen LogP contribution is 2.29. The van der Waals surface area contributed by atoms with Crippen molar-refractivity contribution in [3.63, 3.8) is 0 Å². The van der Waals surface area contributed by atoms with Crippen LogP contribution >= 0.6 is 0 Å². The van der Waals surface area contributed by atoms with Crippen LogP contribution in [0.4, 0.5) is 5.69 Å². The van der Waals surface area contributed by atoms with Crippen molar-refractivity contribution in [2.24, 2.45) is 0 Å². The molecule has 1 saturated heterocycles. The van der Waals surface area contributed by atoms with Crippen LogP contribution in [-0.2, 0) is 6.54 Å². The zero-order valence-corrected chi connectivity index (χ0v) is 18.3. The molecule has 0 atom stereocenters. The molecule has 0 bridgehead atoms. The third kappa shape index (κ3) is 5.15. The third-order valence-electron chi connectivity index (χ3n) is 6.02. The van der Waals surface area contributed by atoms with Gasteiger partial charge in [0.05, 0.1) is 7.11 Å². The first-order chi connectivity index (χ1) is 15.1. The Kier molecular flexibility index (Phi) is 6.68. The molecule has 0 spiro atoms. The molecular formula is C27H30N2O2. The van der Waals surface area contributed by atoms with Crippen LogP contribution in [-0.4, -0.2) is 37.0 Å². The van der Waals surface area contributed by atoms with Crippen LogP contribution in [0.25, 0.3) is 0 Å². The van der Waals surface area contributed by atoms with E-state index >= 15 is 0 Å². The molecule has 0 saturated carbocycles. The lowest BCUT2D eigenvalue weighted by molar-refractivity contribution is 0.0958. The van der Waals surface area contributed by atoms with Crippen molar-refractivity contribution in [2.45, 2.75) is 32.4 Å². The van der Waals surface area contributed by atoms with Crippen LogP contribution in [0, 0.1) is 6.92 Å². The van der Waals surface area contributed by atoms with E-state index in [1.165, 1.54) is 11.1 Å². The summed E-state index contributed by atoms with van der Waals surface area (Å²) in [6, 6.07) is 26.3. The van der Waals surface area contributed by atoms with Crippen molar-refractivity contribution in [3.05, 3.63) is 95.6 Å². The molecule has 3 aromatic rings. The van der Waals surface area contributed by atoms with Crippen LogP contribution in [0.15, 0.2) is 78.9 Å². The minimum Gasteiger partial charge on any atom is -0.497 e. The third-order valence-corrected chi connectivity index (χ3v) is 6.02. The second kappa shape index (κ2) is 9.80. The number of piperidine rings is 1. The highest BCUT2D eigenvalue weighted by Gasteiger charge is 2.30. The second-order valence-electron chi connectivity index (χ2n) is 8.24. The van der Waals surface area contributed by atoms with Crippen molar-refractivity contribution in [1.82, 2.24) is 4.90 Å². The summed E-state index contributed by atoms with van der Waals surface area (Å²) in [7, 11) is 1.66. The number of aryl methyl sites for hydroxylation is 1. The second-order valence-corrected chi connectivity index (χ2v) is 8.24. The maximum atomic E-state index is 13.5. The molecule has 0 unspecified atom stereocenters. The SMILES string of the molecule is COc1cccc(N(C(=O)c2ccccc2)C2CCN(Cc3ccc(C)cc3)CC2)c1. The fourth-order valence-electron chi connectivity index (χ4n) is 4.26. The summed E-state index contributed by atoms with van der Waals surface area (Å²) < 4.78 is 5.42. The number of hydrogen-bond acceptors (Lipinski definition) is 3. The molecule has 31 heavy (non-hydrogen) atoms. The van der Waals surface area contributed by atoms with Gasteiger partial charge >= 0.3 is 0 Å². The number of benzene rings is 3. The summed E-state index contributed by atoms with van der Waals surface area (Å²) >= 11 is 0. The van der Waals surface area contributed by atoms with Gasteiger partial charge in [-0.3, -0.25) is 9.69 Å². The van der Waals surface area contributed by atoms with Crippen molar-refractivity contribution in [3.8, 4) is 5.75 Å². The lowest BCUT2D eigenvalue weighted by atomic mass is 10.00. The van der Waals surface area contributed by atoms with Gasteiger partial charge in [0.1, 0.15) is 5.75 Å². The lowest BCUT2D eigenvalue weighted by Crippen LogP contribution is -2.47. The van der Waals surface area contributed by atoms with Gasteiger partial charge in [-0.2, -0.15) is 0 Å². The van der Waals surface area contributed by atoms with Crippen molar-refractivity contribution in [1.29, 1.82) is 0 Å². The first-order valence-electron chi connectivity index (χ1n) is 10.9. The largest absolute Gasteiger partial charge is 0.497 e. The van der Waals surface area contributed by atoms with Crippen LogP contribution in [0.1, 0.15) is 34.3 Å². The molecule has 1 amide bonds. The Balaban J connectivity index is 1.52. The number of anilines is 1. The number of ether oxygens (including phenoxy) is 1.